The number of aromatic nitrogens is 3. The van der Waals surface area contributed by atoms with E-state index in [0.29, 0.717) is 5.16 Å². The number of nitrogens with zero attached hydrogens (tertiary/aromatic N) is 3. The van der Waals surface area contributed by atoms with E-state index >= 15 is 0 Å². The number of hydrogen-bond donors (Lipinski definition) is 0. The van der Waals surface area contributed by atoms with Gasteiger partial charge in [0.05, 0.1) is 10.1 Å². The number of carbonyl (C=O) groups is 1. The van der Waals surface area contributed by atoms with Crippen molar-refractivity contribution in [2.45, 2.75) is 17.3 Å². The Balaban J connectivity index is 1.80. The van der Waals surface area contributed by atoms with Crippen molar-refractivity contribution in [3.63, 3.8) is 0 Å². The SMILES string of the molecule is CC(=O)[C@@H](Sc1nnc(-c2cccs2)n1-c1ccccc1)c1ccccc1. The van der Waals surface area contributed by atoms with E-state index < -0.39 is 0 Å². The molecule has 0 unspecified atom stereocenters. The van der Waals surface area contributed by atoms with Crippen LogP contribution in [-0.2, 0) is 4.79 Å². The van der Waals surface area contributed by atoms with E-state index in [9.17, 15) is 4.79 Å². The molecule has 0 spiro atoms. The van der Waals surface area contributed by atoms with Gasteiger partial charge in [0.1, 0.15) is 5.78 Å². The van der Waals surface area contributed by atoms with Gasteiger partial charge in [-0.3, -0.25) is 9.36 Å². The zero-order valence-electron chi connectivity index (χ0n) is 14.6. The largest absolute Gasteiger partial charge is 0.298 e. The van der Waals surface area contributed by atoms with Gasteiger partial charge in [-0.2, -0.15) is 0 Å². The number of rotatable bonds is 6. The summed E-state index contributed by atoms with van der Waals surface area (Å²) in [5.41, 5.74) is 1.94. The number of benzene rings is 2. The molecule has 0 aliphatic carbocycles. The van der Waals surface area contributed by atoms with Crippen molar-refractivity contribution in [1.82, 2.24) is 14.8 Å². The third-order valence-electron chi connectivity index (χ3n) is 4.08. The molecule has 0 N–H and O–H groups in total. The molecule has 4 aromatic rings. The zero-order valence-corrected chi connectivity index (χ0v) is 16.3. The number of Topliss-reactive ketones (excluding diaryl/α,β-unsaturated/α-hetero) is 1. The standard InChI is InChI=1S/C21H17N3OS2/c1-15(25)19(16-9-4-2-5-10-16)27-21-23-22-20(18-13-8-14-26-18)24(21)17-11-6-3-7-12-17/h2-14,19H,1H3/t19-/m1/s1. The molecule has 1 atom stereocenters. The van der Waals surface area contributed by atoms with Crippen LogP contribution in [0, 0.1) is 0 Å². The van der Waals surface area contributed by atoms with Gasteiger partial charge in [-0.15, -0.1) is 21.5 Å². The molecule has 0 amide bonds. The van der Waals surface area contributed by atoms with Crippen LogP contribution in [0.5, 0.6) is 0 Å². The molecule has 134 valence electrons. The normalized spacial score (nSPS) is 12.0. The van der Waals surface area contributed by atoms with Crippen LogP contribution in [0.25, 0.3) is 16.4 Å². The maximum Gasteiger partial charge on any atom is 0.197 e. The van der Waals surface area contributed by atoms with E-state index in [0.717, 1.165) is 22.0 Å². The van der Waals surface area contributed by atoms with Crippen LogP contribution < -0.4 is 0 Å². The summed E-state index contributed by atoms with van der Waals surface area (Å²) < 4.78 is 2.02. The molecule has 0 bridgehead atoms. The van der Waals surface area contributed by atoms with Crippen LogP contribution >= 0.6 is 23.1 Å². The Bertz CT molecular complexity index is 1030. The summed E-state index contributed by atoms with van der Waals surface area (Å²) >= 11 is 3.05. The van der Waals surface area contributed by atoms with Gasteiger partial charge in [0.2, 0.25) is 0 Å². The fraction of sp³-hybridized carbons (Fsp3) is 0.0952. The Morgan fingerprint density at radius 3 is 2.30 bits per heavy atom. The molecular weight excluding hydrogens is 374 g/mol. The van der Waals surface area contributed by atoms with Crippen LogP contribution in [0.4, 0.5) is 0 Å². The van der Waals surface area contributed by atoms with Crippen LogP contribution in [0.3, 0.4) is 0 Å². The molecule has 0 aliphatic rings. The monoisotopic (exact) mass is 391 g/mol. The molecule has 0 aliphatic heterocycles. The summed E-state index contributed by atoms with van der Waals surface area (Å²) in [6, 6.07) is 23.8. The summed E-state index contributed by atoms with van der Waals surface area (Å²) in [5.74, 6) is 0.876. The average molecular weight is 392 g/mol. The minimum Gasteiger partial charge on any atom is -0.298 e. The highest BCUT2D eigenvalue weighted by molar-refractivity contribution is 8.00. The highest BCUT2D eigenvalue weighted by Gasteiger charge is 2.24. The van der Waals surface area contributed by atoms with Gasteiger partial charge in [-0.25, -0.2) is 0 Å². The highest BCUT2D eigenvalue weighted by atomic mass is 32.2. The molecule has 0 fully saturated rings. The second-order valence-corrected chi connectivity index (χ2v) is 7.99. The molecule has 6 heteroatoms. The van der Waals surface area contributed by atoms with Gasteiger partial charge in [-0.05, 0) is 36.1 Å². The Kier molecular flexibility index (Phi) is 5.18. The van der Waals surface area contributed by atoms with E-state index in [-0.39, 0.29) is 11.0 Å². The predicted molar refractivity (Wildman–Crippen MR) is 110 cm³/mol. The van der Waals surface area contributed by atoms with Crippen molar-refractivity contribution in [1.29, 1.82) is 0 Å². The lowest BCUT2D eigenvalue weighted by atomic mass is 10.1. The van der Waals surface area contributed by atoms with Crippen LogP contribution in [0.15, 0.2) is 83.3 Å². The van der Waals surface area contributed by atoms with Gasteiger partial charge in [0.25, 0.3) is 0 Å². The third kappa shape index (κ3) is 3.72. The lowest BCUT2D eigenvalue weighted by Gasteiger charge is -2.15. The Morgan fingerprint density at radius 2 is 1.67 bits per heavy atom. The van der Waals surface area contributed by atoms with E-state index in [1.807, 2.05) is 82.7 Å². The number of thioether (sulfide) groups is 1. The van der Waals surface area contributed by atoms with Gasteiger partial charge >= 0.3 is 0 Å². The molecule has 27 heavy (non-hydrogen) atoms. The topological polar surface area (TPSA) is 47.8 Å². The maximum absolute atomic E-state index is 12.4. The molecular formula is C21H17N3OS2. The fourth-order valence-corrected chi connectivity index (χ4v) is 4.59. The minimum atomic E-state index is -0.325. The summed E-state index contributed by atoms with van der Waals surface area (Å²) in [6.07, 6.45) is 0. The van der Waals surface area contributed by atoms with Crippen molar-refractivity contribution in [3.8, 4) is 16.4 Å². The minimum absolute atomic E-state index is 0.0893. The van der Waals surface area contributed by atoms with Crippen LogP contribution in [0.2, 0.25) is 0 Å². The lowest BCUT2D eigenvalue weighted by molar-refractivity contribution is -0.116. The molecule has 4 nitrogen and oxygen atoms in total. The first kappa shape index (κ1) is 17.7. The quantitative estimate of drug-likeness (QED) is 0.412. The number of carbonyl (C=O) groups excluding carboxylic acids is 1. The second-order valence-electron chi connectivity index (χ2n) is 5.97. The summed E-state index contributed by atoms with van der Waals surface area (Å²) in [7, 11) is 0. The summed E-state index contributed by atoms with van der Waals surface area (Å²) in [5, 5.41) is 11.3. The fourth-order valence-electron chi connectivity index (χ4n) is 2.84. The smallest absolute Gasteiger partial charge is 0.197 e. The van der Waals surface area contributed by atoms with Gasteiger partial charge < -0.3 is 0 Å². The Morgan fingerprint density at radius 1 is 0.963 bits per heavy atom. The molecule has 2 heterocycles. The van der Waals surface area contributed by atoms with Crippen molar-refractivity contribution >= 4 is 28.9 Å². The van der Waals surface area contributed by atoms with Gasteiger partial charge in [0, 0.05) is 5.69 Å². The lowest BCUT2D eigenvalue weighted by Crippen LogP contribution is -2.07. The number of thiophene rings is 1. The first-order valence-corrected chi connectivity index (χ1v) is 10.3. The third-order valence-corrected chi connectivity index (χ3v) is 6.26. The van der Waals surface area contributed by atoms with E-state index in [1.54, 1.807) is 18.3 Å². The first-order valence-electron chi connectivity index (χ1n) is 8.51. The number of ketones is 1. The molecule has 2 aromatic heterocycles. The molecule has 2 aromatic carbocycles. The van der Waals surface area contributed by atoms with Gasteiger partial charge in [0.15, 0.2) is 11.0 Å². The van der Waals surface area contributed by atoms with Crippen molar-refractivity contribution in [2.24, 2.45) is 0 Å². The first-order chi connectivity index (χ1) is 13.2. The molecule has 0 saturated carbocycles. The molecule has 0 radical (unpaired) electrons. The maximum atomic E-state index is 12.4. The van der Waals surface area contributed by atoms with Crippen molar-refractivity contribution in [2.75, 3.05) is 0 Å². The Labute approximate surface area is 165 Å². The number of hydrogen-bond acceptors (Lipinski definition) is 5. The summed E-state index contributed by atoms with van der Waals surface area (Å²) in [4.78, 5) is 13.4. The van der Waals surface area contributed by atoms with E-state index in [2.05, 4.69) is 10.2 Å². The van der Waals surface area contributed by atoms with Crippen molar-refractivity contribution in [3.05, 3.63) is 83.7 Å². The average Bonchev–Trinajstić information content (AvgIpc) is 3.37. The predicted octanol–water partition coefficient (Wildman–Crippen LogP) is 5.42. The second kappa shape index (κ2) is 7.90. The zero-order chi connectivity index (χ0) is 18.6. The molecule has 4 rings (SSSR count). The van der Waals surface area contributed by atoms with E-state index in [4.69, 9.17) is 0 Å². The van der Waals surface area contributed by atoms with Crippen LogP contribution in [-0.4, -0.2) is 20.5 Å². The Hall–Kier alpha value is -2.70. The van der Waals surface area contributed by atoms with Crippen molar-refractivity contribution < 1.29 is 4.79 Å². The van der Waals surface area contributed by atoms with Gasteiger partial charge in [-0.1, -0.05) is 66.4 Å². The summed E-state index contributed by atoms with van der Waals surface area (Å²) in [6.45, 7) is 1.62. The molecule has 0 saturated heterocycles. The highest BCUT2D eigenvalue weighted by Crippen LogP contribution is 2.38. The van der Waals surface area contributed by atoms with E-state index in [1.165, 1.54) is 11.8 Å². The number of para-hydroxylation sites is 1. The van der Waals surface area contributed by atoms with Crippen LogP contribution in [0.1, 0.15) is 17.7 Å².